The van der Waals surface area contributed by atoms with Crippen molar-refractivity contribution in [1.82, 2.24) is 0 Å². The van der Waals surface area contributed by atoms with Crippen molar-refractivity contribution < 1.29 is 4.79 Å². The predicted octanol–water partition coefficient (Wildman–Crippen LogP) is 1.57. The number of thioether (sulfide) groups is 1. The summed E-state index contributed by atoms with van der Waals surface area (Å²) in [5, 5.41) is 0.553. The van der Waals surface area contributed by atoms with Gasteiger partial charge in [0.05, 0.1) is 0 Å². The van der Waals surface area contributed by atoms with E-state index in [-0.39, 0.29) is 0 Å². The van der Waals surface area contributed by atoms with Crippen molar-refractivity contribution in [2.24, 2.45) is 11.8 Å². The Morgan fingerprint density at radius 2 is 2.22 bits per heavy atom. The molecule has 1 nitrogen and oxygen atoms in total. The van der Waals surface area contributed by atoms with Gasteiger partial charge in [-0.05, 0) is 11.7 Å². The van der Waals surface area contributed by atoms with Crippen molar-refractivity contribution >= 4 is 18.0 Å². The standard InChI is InChI=1S/C7H12OS/c1-5-4-9-6(2)7(5)3-8/h3,5-7H,4H2,1-2H3. The molecule has 2 heteroatoms. The van der Waals surface area contributed by atoms with E-state index in [1.165, 1.54) is 0 Å². The largest absolute Gasteiger partial charge is 0.303 e. The molecule has 3 unspecified atom stereocenters. The van der Waals surface area contributed by atoms with Crippen LogP contribution in [0, 0.1) is 11.8 Å². The van der Waals surface area contributed by atoms with Gasteiger partial charge in [0.25, 0.3) is 0 Å². The van der Waals surface area contributed by atoms with Crippen LogP contribution in [-0.2, 0) is 4.79 Å². The minimum absolute atomic E-state index is 0.315. The number of rotatable bonds is 1. The number of hydrogen-bond acceptors (Lipinski definition) is 2. The molecule has 0 bridgehead atoms. The molecule has 0 N–H and O–H groups in total. The van der Waals surface area contributed by atoms with Gasteiger partial charge >= 0.3 is 0 Å². The Labute approximate surface area is 60.2 Å². The Morgan fingerprint density at radius 1 is 1.56 bits per heavy atom. The van der Waals surface area contributed by atoms with Gasteiger partial charge < -0.3 is 4.79 Å². The lowest BCUT2D eigenvalue weighted by Crippen LogP contribution is -2.15. The minimum Gasteiger partial charge on any atom is -0.303 e. The lowest BCUT2D eigenvalue weighted by molar-refractivity contribution is -0.111. The van der Waals surface area contributed by atoms with Crippen molar-refractivity contribution in [3.8, 4) is 0 Å². The minimum atomic E-state index is 0.315. The second-order valence-electron chi connectivity index (χ2n) is 2.73. The lowest BCUT2D eigenvalue weighted by Gasteiger charge is -2.08. The highest BCUT2D eigenvalue weighted by Crippen LogP contribution is 2.34. The summed E-state index contributed by atoms with van der Waals surface area (Å²) in [6.07, 6.45) is 1.11. The highest BCUT2D eigenvalue weighted by molar-refractivity contribution is 8.00. The summed E-state index contributed by atoms with van der Waals surface area (Å²) >= 11 is 1.91. The molecule has 1 fully saturated rings. The van der Waals surface area contributed by atoms with Crippen LogP contribution in [-0.4, -0.2) is 17.3 Å². The summed E-state index contributed by atoms with van der Waals surface area (Å²) in [7, 11) is 0. The van der Waals surface area contributed by atoms with Crippen LogP contribution in [0.4, 0.5) is 0 Å². The normalized spacial score (nSPS) is 43.1. The maximum Gasteiger partial charge on any atom is 0.124 e. The Balaban J connectivity index is 2.54. The molecule has 1 heterocycles. The zero-order valence-corrected chi connectivity index (χ0v) is 6.65. The van der Waals surface area contributed by atoms with Crippen LogP contribution in [0.1, 0.15) is 13.8 Å². The lowest BCUT2D eigenvalue weighted by atomic mass is 9.95. The fraction of sp³-hybridized carbons (Fsp3) is 0.857. The topological polar surface area (TPSA) is 17.1 Å². The van der Waals surface area contributed by atoms with E-state index in [1.54, 1.807) is 0 Å². The molecule has 0 aromatic heterocycles. The SMILES string of the molecule is CC1CSC(C)C1C=O. The molecule has 1 aliphatic heterocycles. The first-order valence-electron chi connectivity index (χ1n) is 3.32. The van der Waals surface area contributed by atoms with Gasteiger partial charge in [-0.3, -0.25) is 0 Å². The zero-order valence-electron chi connectivity index (χ0n) is 5.83. The summed E-state index contributed by atoms with van der Waals surface area (Å²) in [5.41, 5.74) is 0. The van der Waals surface area contributed by atoms with Gasteiger partial charge in [0.1, 0.15) is 6.29 Å². The molecule has 0 aromatic carbocycles. The van der Waals surface area contributed by atoms with Crippen molar-refractivity contribution in [3.05, 3.63) is 0 Å². The maximum absolute atomic E-state index is 10.4. The summed E-state index contributed by atoms with van der Waals surface area (Å²) in [6, 6.07) is 0. The molecule has 0 spiro atoms. The number of aldehydes is 1. The Bertz CT molecular complexity index is 103. The van der Waals surface area contributed by atoms with E-state index in [4.69, 9.17) is 0 Å². The maximum atomic E-state index is 10.4. The molecule has 1 saturated heterocycles. The van der Waals surface area contributed by atoms with E-state index in [2.05, 4.69) is 13.8 Å². The first-order valence-corrected chi connectivity index (χ1v) is 4.37. The first-order chi connectivity index (χ1) is 4.25. The fourth-order valence-electron chi connectivity index (χ4n) is 1.23. The zero-order chi connectivity index (χ0) is 6.85. The van der Waals surface area contributed by atoms with Crippen LogP contribution in [0.5, 0.6) is 0 Å². The second kappa shape index (κ2) is 2.74. The van der Waals surface area contributed by atoms with Crippen LogP contribution in [0.25, 0.3) is 0 Å². The monoisotopic (exact) mass is 144 g/mol. The summed E-state index contributed by atoms with van der Waals surface area (Å²) < 4.78 is 0. The van der Waals surface area contributed by atoms with Crippen molar-refractivity contribution in [1.29, 1.82) is 0 Å². The van der Waals surface area contributed by atoms with Crippen molar-refractivity contribution in [3.63, 3.8) is 0 Å². The number of carbonyl (C=O) groups is 1. The Hall–Kier alpha value is 0.0200. The molecule has 0 aliphatic carbocycles. The van der Waals surface area contributed by atoms with Gasteiger partial charge in [-0.15, -0.1) is 0 Å². The van der Waals surface area contributed by atoms with E-state index >= 15 is 0 Å². The molecule has 9 heavy (non-hydrogen) atoms. The second-order valence-corrected chi connectivity index (χ2v) is 4.14. The van der Waals surface area contributed by atoms with E-state index in [0.717, 1.165) is 12.0 Å². The third kappa shape index (κ3) is 1.29. The molecule has 0 radical (unpaired) electrons. The number of carbonyl (C=O) groups excluding carboxylic acids is 1. The van der Waals surface area contributed by atoms with E-state index in [9.17, 15) is 4.79 Å². The van der Waals surface area contributed by atoms with Crippen LogP contribution in [0.2, 0.25) is 0 Å². The smallest absolute Gasteiger partial charge is 0.124 e. The van der Waals surface area contributed by atoms with Gasteiger partial charge in [0.15, 0.2) is 0 Å². The van der Waals surface area contributed by atoms with Crippen LogP contribution in [0.15, 0.2) is 0 Å². The fourth-order valence-corrected chi connectivity index (χ4v) is 2.62. The summed E-state index contributed by atoms with van der Waals surface area (Å²) in [4.78, 5) is 10.4. The average Bonchev–Trinajstić information content (AvgIpc) is 2.12. The third-order valence-corrected chi connectivity index (χ3v) is 3.54. The van der Waals surface area contributed by atoms with Gasteiger partial charge in [0.2, 0.25) is 0 Å². The van der Waals surface area contributed by atoms with Gasteiger partial charge in [0, 0.05) is 11.2 Å². The first kappa shape index (κ1) is 7.13. The molecule has 52 valence electrons. The van der Waals surface area contributed by atoms with Crippen LogP contribution in [0.3, 0.4) is 0 Å². The van der Waals surface area contributed by atoms with Crippen molar-refractivity contribution in [2.45, 2.75) is 19.1 Å². The molecule has 1 rings (SSSR count). The molecule has 0 aromatic rings. The quantitative estimate of drug-likeness (QED) is 0.520. The molecular formula is C7H12OS. The Kier molecular flexibility index (Phi) is 2.17. The van der Waals surface area contributed by atoms with Crippen molar-refractivity contribution in [2.75, 3.05) is 5.75 Å². The highest BCUT2D eigenvalue weighted by atomic mass is 32.2. The third-order valence-electron chi connectivity index (χ3n) is 1.98. The molecular weight excluding hydrogens is 132 g/mol. The highest BCUT2D eigenvalue weighted by Gasteiger charge is 2.29. The summed E-state index contributed by atoms with van der Waals surface area (Å²) in [6.45, 7) is 4.28. The predicted molar refractivity (Wildman–Crippen MR) is 40.6 cm³/mol. The van der Waals surface area contributed by atoms with E-state index in [0.29, 0.717) is 17.1 Å². The number of hydrogen-bond donors (Lipinski definition) is 0. The molecule has 1 aliphatic rings. The molecule has 3 atom stereocenters. The summed E-state index contributed by atoms with van der Waals surface area (Å²) in [5.74, 6) is 2.07. The van der Waals surface area contributed by atoms with Gasteiger partial charge in [-0.2, -0.15) is 11.8 Å². The van der Waals surface area contributed by atoms with E-state index in [1.807, 2.05) is 11.8 Å². The van der Waals surface area contributed by atoms with Crippen LogP contribution < -0.4 is 0 Å². The van der Waals surface area contributed by atoms with Crippen LogP contribution >= 0.6 is 11.8 Å². The Morgan fingerprint density at radius 3 is 2.44 bits per heavy atom. The van der Waals surface area contributed by atoms with Gasteiger partial charge in [-0.25, -0.2) is 0 Å². The molecule has 0 amide bonds. The van der Waals surface area contributed by atoms with Gasteiger partial charge in [-0.1, -0.05) is 13.8 Å². The van der Waals surface area contributed by atoms with E-state index < -0.39 is 0 Å². The average molecular weight is 144 g/mol. The molecule has 0 saturated carbocycles.